The van der Waals surface area contributed by atoms with Gasteiger partial charge in [-0.1, -0.05) is 24.3 Å². The van der Waals surface area contributed by atoms with E-state index in [-0.39, 0.29) is 17.3 Å². The van der Waals surface area contributed by atoms with E-state index >= 15 is 0 Å². The Morgan fingerprint density at radius 1 is 1.36 bits per heavy atom. The van der Waals surface area contributed by atoms with Gasteiger partial charge in [-0.2, -0.15) is 0 Å². The van der Waals surface area contributed by atoms with Crippen molar-refractivity contribution < 1.29 is 9.72 Å². The highest BCUT2D eigenvalue weighted by Gasteiger charge is 2.01. The summed E-state index contributed by atoms with van der Waals surface area (Å²) < 4.78 is 0. The van der Waals surface area contributed by atoms with Crippen LogP contribution in [0.2, 0.25) is 0 Å². The van der Waals surface area contributed by atoms with Crippen LogP contribution in [0, 0.1) is 10.1 Å². The lowest BCUT2D eigenvalue weighted by Crippen LogP contribution is -2.04. The van der Waals surface area contributed by atoms with Gasteiger partial charge in [-0.05, 0) is 12.5 Å². The zero-order valence-electron chi connectivity index (χ0n) is 7.90. The van der Waals surface area contributed by atoms with Gasteiger partial charge < -0.3 is 0 Å². The van der Waals surface area contributed by atoms with Crippen molar-refractivity contribution in [3.63, 3.8) is 0 Å². The molecule has 4 heteroatoms. The smallest absolute Gasteiger partial charge is 0.207 e. The number of hydrogen-bond acceptors (Lipinski definition) is 3. The van der Waals surface area contributed by atoms with Crippen LogP contribution in [0.4, 0.5) is 0 Å². The Balaban J connectivity index is 2.64. The summed E-state index contributed by atoms with van der Waals surface area (Å²) in [6.45, 7) is 1.42. The van der Waals surface area contributed by atoms with Crippen LogP contribution < -0.4 is 0 Å². The maximum absolute atomic E-state index is 10.9. The second-order valence-corrected chi connectivity index (χ2v) is 3.06. The van der Waals surface area contributed by atoms with Crippen LogP contribution in [0.5, 0.6) is 0 Å². The monoisotopic (exact) mass is 193 g/mol. The number of nitro groups is 1. The molecule has 14 heavy (non-hydrogen) atoms. The third kappa shape index (κ3) is 2.97. The van der Waals surface area contributed by atoms with Crippen LogP contribution in [0.1, 0.15) is 22.8 Å². The van der Waals surface area contributed by atoms with Gasteiger partial charge in [0.1, 0.15) is 0 Å². The first-order valence-corrected chi connectivity index (χ1v) is 4.31. The summed E-state index contributed by atoms with van der Waals surface area (Å²) in [6, 6.07) is 6.88. The van der Waals surface area contributed by atoms with Crippen molar-refractivity contribution in [2.24, 2.45) is 0 Å². The zero-order chi connectivity index (χ0) is 10.6. The molecule has 0 fully saturated rings. The Kier molecular flexibility index (Phi) is 3.34. The lowest BCUT2D eigenvalue weighted by molar-refractivity contribution is -0.479. The second-order valence-electron chi connectivity index (χ2n) is 3.06. The molecule has 1 aromatic carbocycles. The molecule has 0 saturated heterocycles. The van der Waals surface area contributed by atoms with E-state index in [0.29, 0.717) is 12.0 Å². The van der Waals surface area contributed by atoms with Gasteiger partial charge in [-0.3, -0.25) is 14.9 Å². The number of ketones is 1. The molecule has 0 spiro atoms. The van der Waals surface area contributed by atoms with Crippen molar-refractivity contribution in [3.8, 4) is 0 Å². The van der Waals surface area contributed by atoms with Crippen molar-refractivity contribution in [1.82, 2.24) is 0 Å². The first-order chi connectivity index (χ1) is 6.59. The summed E-state index contributed by atoms with van der Waals surface area (Å²) in [7, 11) is 0. The van der Waals surface area contributed by atoms with Crippen LogP contribution in [0.15, 0.2) is 24.3 Å². The summed E-state index contributed by atoms with van der Waals surface area (Å²) in [5, 5.41) is 10.1. The van der Waals surface area contributed by atoms with E-state index in [1.807, 2.05) is 0 Å². The largest absolute Gasteiger partial charge is 0.295 e. The topological polar surface area (TPSA) is 60.2 Å². The molecule has 0 heterocycles. The molecule has 0 radical (unpaired) electrons. The Bertz CT molecular complexity index is 343. The number of nitrogens with zero attached hydrogens (tertiary/aromatic N) is 1. The molecule has 0 atom stereocenters. The molecular formula is C10H11NO3. The molecule has 0 bridgehead atoms. The number of benzene rings is 1. The lowest BCUT2D eigenvalue weighted by Gasteiger charge is -1.98. The fourth-order valence-corrected chi connectivity index (χ4v) is 1.13. The average Bonchev–Trinajstić information content (AvgIpc) is 2.15. The summed E-state index contributed by atoms with van der Waals surface area (Å²) in [5.74, 6) is 0.00539. The standard InChI is InChI=1S/C10H11NO3/c1-8(12)10-4-2-9(3-5-10)6-7-11(13)14/h2-5H,6-7H2,1H3. The average molecular weight is 193 g/mol. The second kappa shape index (κ2) is 4.50. The van der Waals surface area contributed by atoms with E-state index in [0.717, 1.165) is 5.56 Å². The predicted octanol–water partition coefficient (Wildman–Crippen LogP) is 1.71. The first-order valence-electron chi connectivity index (χ1n) is 4.31. The highest BCUT2D eigenvalue weighted by atomic mass is 16.6. The third-order valence-corrected chi connectivity index (χ3v) is 1.94. The van der Waals surface area contributed by atoms with Crippen molar-refractivity contribution in [2.45, 2.75) is 13.3 Å². The van der Waals surface area contributed by atoms with Gasteiger partial charge in [0, 0.05) is 16.9 Å². The number of hydrogen-bond donors (Lipinski definition) is 0. The first kappa shape index (κ1) is 10.4. The summed E-state index contributed by atoms with van der Waals surface area (Å²) in [5.41, 5.74) is 1.52. The minimum absolute atomic E-state index is 0.00539. The van der Waals surface area contributed by atoms with Gasteiger partial charge in [0.2, 0.25) is 6.54 Å². The van der Waals surface area contributed by atoms with E-state index in [2.05, 4.69) is 0 Å². The van der Waals surface area contributed by atoms with Gasteiger partial charge >= 0.3 is 0 Å². The van der Waals surface area contributed by atoms with Gasteiger partial charge in [0.15, 0.2) is 5.78 Å². The third-order valence-electron chi connectivity index (χ3n) is 1.94. The Morgan fingerprint density at radius 3 is 2.36 bits per heavy atom. The molecule has 0 aliphatic heterocycles. The number of Topliss-reactive ketones (excluding diaryl/α,β-unsaturated/α-hetero) is 1. The Labute approximate surface area is 81.7 Å². The SMILES string of the molecule is CC(=O)c1ccc(CC[N+](=O)[O-])cc1. The normalized spacial score (nSPS) is 9.79. The summed E-state index contributed by atoms with van der Waals surface area (Å²) in [6.07, 6.45) is 0.408. The molecule has 0 saturated carbocycles. The fourth-order valence-electron chi connectivity index (χ4n) is 1.13. The molecule has 1 rings (SSSR count). The Morgan fingerprint density at radius 2 is 1.93 bits per heavy atom. The van der Waals surface area contributed by atoms with Gasteiger partial charge in [0.25, 0.3) is 0 Å². The van der Waals surface area contributed by atoms with Gasteiger partial charge in [-0.15, -0.1) is 0 Å². The summed E-state index contributed by atoms with van der Waals surface area (Å²) in [4.78, 5) is 20.7. The van der Waals surface area contributed by atoms with Crippen molar-refractivity contribution in [3.05, 3.63) is 45.5 Å². The van der Waals surface area contributed by atoms with E-state index < -0.39 is 0 Å². The van der Waals surface area contributed by atoms with E-state index in [1.54, 1.807) is 24.3 Å². The molecule has 74 valence electrons. The molecule has 0 aliphatic carbocycles. The molecule has 0 amide bonds. The highest BCUT2D eigenvalue weighted by Crippen LogP contribution is 2.05. The predicted molar refractivity (Wildman–Crippen MR) is 52.0 cm³/mol. The minimum Gasteiger partial charge on any atom is -0.295 e. The molecular weight excluding hydrogens is 182 g/mol. The van der Waals surface area contributed by atoms with Crippen LogP contribution in [0.3, 0.4) is 0 Å². The van der Waals surface area contributed by atoms with Crippen LogP contribution >= 0.6 is 0 Å². The zero-order valence-corrected chi connectivity index (χ0v) is 7.90. The van der Waals surface area contributed by atoms with Crippen molar-refractivity contribution >= 4 is 5.78 Å². The number of carbonyl (C=O) groups excluding carboxylic acids is 1. The number of rotatable bonds is 4. The van der Waals surface area contributed by atoms with Crippen LogP contribution in [0.25, 0.3) is 0 Å². The molecule has 0 aromatic heterocycles. The van der Waals surface area contributed by atoms with Crippen molar-refractivity contribution in [1.29, 1.82) is 0 Å². The summed E-state index contributed by atoms with van der Waals surface area (Å²) >= 11 is 0. The molecule has 4 nitrogen and oxygen atoms in total. The molecule has 0 unspecified atom stereocenters. The van der Waals surface area contributed by atoms with Gasteiger partial charge in [-0.25, -0.2) is 0 Å². The van der Waals surface area contributed by atoms with Gasteiger partial charge in [0.05, 0.1) is 0 Å². The van der Waals surface area contributed by atoms with E-state index in [9.17, 15) is 14.9 Å². The Hall–Kier alpha value is -1.71. The fraction of sp³-hybridized carbons (Fsp3) is 0.300. The molecule has 0 aliphatic rings. The minimum atomic E-state index is -0.348. The van der Waals surface area contributed by atoms with E-state index in [4.69, 9.17) is 0 Å². The van der Waals surface area contributed by atoms with E-state index in [1.165, 1.54) is 6.92 Å². The van der Waals surface area contributed by atoms with Crippen LogP contribution in [-0.4, -0.2) is 17.3 Å². The highest BCUT2D eigenvalue weighted by molar-refractivity contribution is 5.93. The van der Waals surface area contributed by atoms with Crippen LogP contribution in [-0.2, 0) is 6.42 Å². The maximum atomic E-state index is 10.9. The molecule has 0 N–H and O–H groups in total. The maximum Gasteiger partial charge on any atom is 0.207 e. The quantitative estimate of drug-likeness (QED) is 0.415. The number of carbonyl (C=O) groups is 1. The molecule has 1 aromatic rings. The lowest BCUT2D eigenvalue weighted by atomic mass is 10.1. The van der Waals surface area contributed by atoms with Crippen molar-refractivity contribution in [2.75, 3.05) is 6.54 Å².